The highest BCUT2D eigenvalue weighted by atomic mass is 32.1. The van der Waals surface area contributed by atoms with E-state index in [1.165, 1.54) is 33.4 Å². The van der Waals surface area contributed by atoms with Crippen LogP contribution in [0.2, 0.25) is 0 Å². The molecule has 5 heteroatoms. The van der Waals surface area contributed by atoms with Gasteiger partial charge in [0.05, 0.1) is 15.6 Å². The molecule has 2 aromatic carbocycles. The Morgan fingerprint density at radius 3 is 2.59 bits per heavy atom. The lowest BCUT2D eigenvalue weighted by Gasteiger charge is -1.98. The fourth-order valence-corrected chi connectivity index (χ4v) is 4.75. The van der Waals surface area contributed by atoms with Crippen molar-refractivity contribution in [2.75, 3.05) is 0 Å². The predicted octanol–water partition coefficient (Wildman–Crippen LogP) is 3.87. The first-order valence-electron chi connectivity index (χ1n) is 8.93. The maximum Gasteiger partial charge on any atom is 0.274 e. The number of aromatic nitrogens is 3. The Labute approximate surface area is 160 Å². The number of thiazole rings is 1. The van der Waals surface area contributed by atoms with E-state index in [1.807, 2.05) is 18.2 Å². The van der Waals surface area contributed by atoms with Crippen molar-refractivity contribution in [2.24, 2.45) is 7.05 Å². The van der Waals surface area contributed by atoms with E-state index in [0.717, 1.165) is 31.8 Å². The number of fused-ring (bicyclic) bond motifs is 4. The molecule has 5 rings (SSSR count). The van der Waals surface area contributed by atoms with E-state index >= 15 is 0 Å². The molecule has 0 aliphatic rings. The normalized spacial score (nSPS) is 12.8. The third-order valence-corrected chi connectivity index (χ3v) is 6.55. The van der Waals surface area contributed by atoms with Crippen LogP contribution in [-0.4, -0.2) is 14.0 Å². The SMILES string of the molecule is Cc1cc2nc3s/c(=C/c4c(C)n(C)c5ccccc45)c(=O)n3c2cc1C. The van der Waals surface area contributed by atoms with Crippen molar-refractivity contribution in [1.29, 1.82) is 0 Å². The highest BCUT2D eigenvalue weighted by Crippen LogP contribution is 2.26. The molecule has 134 valence electrons. The molecule has 0 saturated heterocycles. The van der Waals surface area contributed by atoms with Gasteiger partial charge in [0.2, 0.25) is 0 Å². The minimum Gasteiger partial charge on any atom is -0.347 e. The van der Waals surface area contributed by atoms with Gasteiger partial charge in [-0.05, 0) is 56.2 Å². The Morgan fingerprint density at radius 1 is 1.04 bits per heavy atom. The summed E-state index contributed by atoms with van der Waals surface area (Å²) in [6.07, 6.45) is 2.02. The van der Waals surface area contributed by atoms with Crippen LogP contribution in [0.25, 0.3) is 33.0 Å². The first-order chi connectivity index (χ1) is 13.0. The van der Waals surface area contributed by atoms with Crippen LogP contribution in [0.5, 0.6) is 0 Å². The lowest BCUT2D eigenvalue weighted by Crippen LogP contribution is -2.22. The van der Waals surface area contributed by atoms with Crippen LogP contribution < -0.4 is 10.1 Å². The van der Waals surface area contributed by atoms with Crippen LogP contribution in [0.3, 0.4) is 0 Å². The highest BCUT2D eigenvalue weighted by Gasteiger charge is 2.14. The molecule has 0 fully saturated rings. The van der Waals surface area contributed by atoms with Gasteiger partial charge in [0.15, 0.2) is 4.96 Å². The lowest BCUT2D eigenvalue weighted by molar-refractivity contribution is 0.916. The number of nitrogens with zero attached hydrogens (tertiary/aromatic N) is 3. The Hall–Kier alpha value is -2.92. The second-order valence-corrected chi connectivity index (χ2v) is 8.16. The summed E-state index contributed by atoms with van der Waals surface area (Å²) < 4.78 is 4.64. The molecule has 0 unspecified atom stereocenters. The molecule has 0 bridgehead atoms. The van der Waals surface area contributed by atoms with Crippen LogP contribution >= 0.6 is 11.3 Å². The molecule has 4 nitrogen and oxygen atoms in total. The zero-order chi connectivity index (χ0) is 18.9. The summed E-state index contributed by atoms with van der Waals surface area (Å²) in [5, 5.41) is 1.17. The minimum atomic E-state index is 0.00749. The number of hydrogen-bond acceptors (Lipinski definition) is 3. The summed E-state index contributed by atoms with van der Waals surface area (Å²) >= 11 is 1.46. The van der Waals surface area contributed by atoms with E-state index < -0.39 is 0 Å². The molecule has 0 atom stereocenters. The van der Waals surface area contributed by atoms with E-state index in [0.29, 0.717) is 0 Å². The summed E-state index contributed by atoms with van der Waals surface area (Å²) in [4.78, 5) is 18.6. The Kier molecular flexibility index (Phi) is 3.34. The fraction of sp³-hybridized carbons (Fsp3) is 0.182. The number of benzene rings is 2. The number of imidazole rings is 1. The van der Waals surface area contributed by atoms with Gasteiger partial charge < -0.3 is 4.57 Å². The molecular weight excluding hydrogens is 354 g/mol. The topological polar surface area (TPSA) is 39.3 Å². The molecule has 0 saturated carbocycles. The van der Waals surface area contributed by atoms with Gasteiger partial charge in [-0.2, -0.15) is 0 Å². The standard InChI is InChI=1S/C22H19N3OS/c1-12-9-17-19(10-13(12)2)25-21(26)20(27-22(25)23-17)11-16-14(3)24(4)18-8-6-5-7-15(16)18/h5-11H,1-4H3/b20-11+. The zero-order valence-corrected chi connectivity index (χ0v) is 16.5. The van der Waals surface area contributed by atoms with Crippen molar-refractivity contribution >= 4 is 44.3 Å². The third-order valence-electron chi connectivity index (χ3n) is 5.58. The zero-order valence-electron chi connectivity index (χ0n) is 15.7. The van der Waals surface area contributed by atoms with Crippen LogP contribution in [0.4, 0.5) is 0 Å². The number of aryl methyl sites for hydroxylation is 3. The summed E-state index contributed by atoms with van der Waals surface area (Å²) in [6.45, 7) is 6.23. The van der Waals surface area contributed by atoms with E-state index in [1.54, 1.807) is 4.40 Å². The van der Waals surface area contributed by atoms with Gasteiger partial charge in [-0.3, -0.25) is 4.79 Å². The third kappa shape index (κ3) is 2.21. The van der Waals surface area contributed by atoms with Gasteiger partial charge in [-0.25, -0.2) is 9.38 Å². The Balaban J connectivity index is 1.85. The number of hydrogen-bond donors (Lipinski definition) is 0. The quantitative estimate of drug-likeness (QED) is 0.447. The van der Waals surface area contributed by atoms with Crippen molar-refractivity contribution in [3.05, 3.63) is 73.7 Å². The maximum absolute atomic E-state index is 13.2. The monoisotopic (exact) mass is 373 g/mol. The van der Waals surface area contributed by atoms with Crippen molar-refractivity contribution in [2.45, 2.75) is 20.8 Å². The van der Waals surface area contributed by atoms with Crippen molar-refractivity contribution < 1.29 is 0 Å². The average molecular weight is 373 g/mol. The first-order valence-corrected chi connectivity index (χ1v) is 9.75. The summed E-state index contributed by atoms with van der Waals surface area (Å²) in [7, 11) is 2.06. The molecule has 0 aliphatic carbocycles. The fourth-order valence-electron chi connectivity index (χ4n) is 3.78. The number of para-hydroxylation sites is 1. The maximum atomic E-state index is 13.2. The molecular formula is C22H19N3OS. The van der Waals surface area contributed by atoms with Gasteiger partial charge in [-0.15, -0.1) is 0 Å². The van der Waals surface area contributed by atoms with Crippen LogP contribution in [0, 0.1) is 20.8 Å². The first kappa shape index (κ1) is 16.3. The Morgan fingerprint density at radius 2 is 1.78 bits per heavy atom. The number of rotatable bonds is 1. The molecule has 3 aromatic heterocycles. The molecule has 3 heterocycles. The van der Waals surface area contributed by atoms with Crippen molar-refractivity contribution in [1.82, 2.24) is 14.0 Å². The molecule has 0 amide bonds. The largest absolute Gasteiger partial charge is 0.347 e. The minimum absolute atomic E-state index is 0.00749. The molecule has 27 heavy (non-hydrogen) atoms. The van der Waals surface area contributed by atoms with Gasteiger partial charge in [0, 0.05) is 29.2 Å². The van der Waals surface area contributed by atoms with Crippen LogP contribution in [-0.2, 0) is 7.05 Å². The molecule has 0 N–H and O–H groups in total. The predicted molar refractivity (Wildman–Crippen MR) is 113 cm³/mol. The van der Waals surface area contributed by atoms with E-state index in [4.69, 9.17) is 0 Å². The van der Waals surface area contributed by atoms with Crippen molar-refractivity contribution in [3.8, 4) is 0 Å². The van der Waals surface area contributed by atoms with E-state index in [-0.39, 0.29) is 5.56 Å². The highest BCUT2D eigenvalue weighted by molar-refractivity contribution is 7.15. The Bertz CT molecular complexity index is 1480. The average Bonchev–Trinajstić information content (AvgIpc) is 3.22. The molecule has 0 radical (unpaired) electrons. The molecule has 5 aromatic rings. The van der Waals surface area contributed by atoms with Gasteiger partial charge >= 0.3 is 0 Å². The summed E-state index contributed by atoms with van der Waals surface area (Å²) in [5.41, 5.74) is 7.57. The van der Waals surface area contributed by atoms with Crippen LogP contribution in [0.1, 0.15) is 22.4 Å². The van der Waals surface area contributed by atoms with E-state index in [9.17, 15) is 4.79 Å². The second-order valence-electron chi connectivity index (χ2n) is 7.15. The molecule has 0 spiro atoms. The van der Waals surface area contributed by atoms with Gasteiger partial charge in [0.25, 0.3) is 5.56 Å². The van der Waals surface area contributed by atoms with Crippen LogP contribution in [0.15, 0.2) is 41.2 Å². The van der Waals surface area contributed by atoms with Gasteiger partial charge in [-0.1, -0.05) is 29.5 Å². The summed E-state index contributed by atoms with van der Waals surface area (Å²) in [5.74, 6) is 0. The molecule has 0 aliphatic heterocycles. The van der Waals surface area contributed by atoms with E-state index in [2.05, 4.69) is 61.6 Å². The lowest BCUT2D eigenvalue weighted by atomic mass is 10.1. The summed E-state index contributed by atoms with van der Waals surface area (Å²) in [6, 6.07) is 12.4. The van der Waals surface area contributed by atoms with Gasteiger partial charge in [0.1, 0.15) is 0 Å². The van der Waals surface area contributed by atoms with Crippen molar-refractivity contribution in [3.63, 3.8) is 0 Å². The second kappa shape index (κ2) is 5.54. The smallest absolute Gasteiger partial charge is 0.274 e.